The molecule has 1 aromatic carbocycles. The zero-order valence-electron chi connectivity index (χ0n) is 17.1. The summed E-state index contributed by atoms with van der Waals surface area (Å²) >= 11 is 0. The average Bonchev–Trinajstić information content (AvgIpc) is 2.56. The number of rotatable bonds is 6. The molecule has 1 heterocycles. The van der Waals surface area contributed by atoms with Crippen molar-refractivity contribution in [3.63, 3.8) is 0 Å². The average molecular weight is 368 g/mol. The molecular formula is C23H33N3O. The van der Waals surface area contributed by atoms with Crippen LogP contribution in [0.1, 0.15) is 57.6 Å². The second kappa shape index (κ2) is 9.50. The summed E-state index contributed by atoms with van der Waals surface area (Å²) < 4.78 is 5.96. The van der Waals surface area contributed by atoms with Crippen molar-refractivity contribution in [2.24, 2.45) is 0 Å². The van der Waals surface area contributed by atoms with E-state index in [-0.39, 0.29) is 5.60 Å². The molecule has 1 aliphatic rings. The summed E-state index contributed by atoms with van der Waals surface area (Å²) in [5.41, 5.74) is 2.68. The predicted molar refractivity (Wildman–Crippen MR) is 111 cm³/mol. The number of benzene rings is 1. The Balaban J connectivity index is 1.85. The van der Waals surface area contributed by atoms with Crippen LogP contribution in [-0.4, -0.2) is 29.6 Å². The Bertz CT molecular complexity index is 679. The van der Waals surface area contributed by atoms with E-state index in [0.29, 0.717) is 11.6 Å². The van der Waals surface area contributed by atoms with Crippen LogP contribution in [-0.2, 0) is 11.2 Å². The molecule has 1 atom stereocenters. The lowest BCUT2D eigenvalue weighted by atomic mass is 10.0. The maximum Gasteiger partial charge on any atom is 0.182 e. The van der Waals surface area contributed by atoms with Crippen molar-refractivity contribution in [1.82, 2.24) is 10.2 Å². The zero-order chi connectivity index (χ0) is 19.9. The smallest absolute Gasteiger partial charge is 0.182 e. The van der Waals surface area contributed by atoms with E-state index in [2.05, 4.69) is 50.2 Å². The first-order chi connectivity index (χ1) is 12.8. The van der Waals surface area contributed by atoms with Crippen LogP contribution >= 0.6 is 0 Å². The van der Waals surface area contributed by atoms with E-state index in [1.54, 1.807) is 0 Å². The number of allylic oxidation sites excluding steroid dienone is 1. The highest BCUT2D eigenvalue weighted by Gasteiger charge is 2.20. The minimum atomic E-state index is -0.216. The van der Waals surface area contributed by atoms with Crippen LogP contribution in [0.15, 0.2) is 49.0 Å². The van der Waals surface area contributed by atoms with Gasteiger partial charge in [0.2, 0.25) is 0 Å². The fourth-order valence-corrected chi connectivity index (χ4v) is 3.36. The third-order valence-corrected chi connectivity index (χ3v) is 4.66. The standard InChI is InChI=1S/C23H33N3O/c1-18(16-20-9-11-21(17-24)12-10-20)25-22-8-6-7-14-26(15-13-22)19(2)27-23(3,4)5/h9-12,22,25H,1-2,6-8,13-16H2,3-5H3. The van der Waals surface area contributed by atoms with E-state index in [1.165, 1.54) is 12.0 Å². The van der Waals surface area contributed by atoms with Gasteiger partial charge in [-0.2, -0.15) is 5.26 Å². The van der Waals surface area contributed by atoms with Crippen LogP contribution in [0.4, 0.5) is 0 Å². The summed E-state index contributed by atoms with van der Waals surface area (Å²) in [5.74, 6) is 0.777. The van der Waals surface area contributed by atoms with Gasteiger partial charge >= 0.3 is 0 Å². The quantitative estimate of drug-likeness (QED) is 0.738. The van der Waals surface area contributed by atoms with Gasteiger partial charge in [-0.1, -0.05) is 18.7 Å². The molecule has 1 fully saturated rings. The van der Waals surface area contributed by atoms with Gasteiger partial charge in [-0.25, -0.2) is 0 Å². The Hall–Kier alpha value is -2.41. The predicted octanol–water partition coefficient (Wildman–Crippen LogP) is 4.73. The van der Waals surface area contributed by atoms with Crippen LogP contribution in [0.5, 0.6) is 0 Å². The van der Waals surface area contributed by atoms with Gasteiger partial charge in [0.15, 0.2) is 5.88 Å². The second-order valence-electron chi connectivity index (χ2n) is 8.31. The molecule has 1 N–H and O–H groups in total. The van der Waals surface area contributed by atoms with Gasteiger partial charge in [0.25, 0.3) is 0 Å². The third-order valence-electron chi connectivity index (χ3n) is 4.66. The van der Waals surface area contributed by atoms with E-state index < -0.39 is 0 Å². The second-order valence-corrected chi connectivity index (χ2v) is 8.31. The van der Waals surface area contributed by atoms with Crippen molar-refractivity contribution >= 4 is 0 Å². The van der Waals surface area contributed by atoms with Gasteiger partial charge in [0, 0.05) is 31.2 Å². The summed E-state index contributed by atoms with van der Waals surface area (Å²) in [6.07, 6.45) is 5.31. The molecule has 1 aromatic rings. The van der Waals surface area contributed by atoms with Crippen molar-refractivity contribution in [3.05, 3.63) is 60.1 Å². The topological polar surface area (TPSA) is 48.3 Å². The largest absolute Gasteiger partial charge is 0.474 e. The number of hydrogen-bond acceptors (Lipinski definition) is 4. The fourth-order valence-electron chi connectivity index (χ4n) is 3.36. The number of nitriles is 1. The molecule has 146 valence electrons. The molecule has 0 aliphatic carbocycles. The van der Waals surface area contributed by atoms with Gasteiger partial charge in [-0.3, -0.25) is 0 Å². The Kier molecular flexibility index (Phi) is 7.36. The zero-order valence-corrected chi connectivity index (χ0v) is 17.1. The molecule has 4 nitrogen and oxygen atoms in total. The first-order valence-corrected chi connectivity index (χ1v) is 9.83. The fraction of sp³-hybridized carbons (Fsp3) is 0.522. The SMILES string of the molecule is C=C(Cc1ccc(C#N)cc1)NC1CCCCN(C(=C)OC(C)(C)C)CC1. The van der Waals surface area contributed by atoms with Crippen molar-refractivity contribution < 1.29 is 4.74 Å². The summed E-state index contributed by atoms with van der Waals surface area (Å²) in [4.78, 5) is 2.27. The summed E-state index contributed by atoms with van der Waals surface area (Å²) in [5, 5.41) is 12.5. The Morgan fingerprint density at radius 2 is 1.89 bits per heavy atom. The Morgan fingerprint density at radius 1 is 1.19 bits per heavy atom. The maximum atomic E-state index is 8.90. The van der Waals surface area contributed by atoms with Gasteiger partial charge in [0.05, 0.1) is 11.6 Å². The lowest BCUT2D eigenvalue weighted by molar-refractivity contribution is 0.000426. The van der Waals surface area contributed by atoms with Crippen LogP contribution in [0.3, 0.4) is 0 Å². The molecular weight excluding hydrogens is 334 g/mol. The number of hydrogen-bond donors (Lipinski definition) is 1. The lowest BCUT2D eigenvalue weighted by Crippen LogP contribution is -2.38. The molecule has 2 rings (SSSR count). The Labute approximate surface area is 164 Å². The van der Waals surface area contributed by atoms with E-state index in [4.69, 9.17) is 10.00 Å². The minimum absolute atomic E-state index is 0.216. The van der Waals surface area contributed by atoms with Crippen molar-refractivity contribution in [1.29, 1.82) is 5.26 Å². The monoisotopic (exact) mass is 367 g/mol. The van der Waals surface area contributed by atoms with E-state index in [9.17, 15) is 0 Å². The Morgan fingerprint density at radius 3 is 2.52 bits per heavy atom. The van der Waals surface area contributed by atoms with Gasteiger partial charge in [-0.15, -0.1) is 0 Å². The molecule has 0 bridgehead atoms. The van der Waals surface area contributed by atoms with Gasteiger partial charge in [-0.05, 0) is 70.7 Å². The van der Waals surface area contributed by atoms with Crippen molar-refractivity contribution in [2.75, 3.05) is 13.1 Å². The molecule has 0 aromatic heterocycles. The number of likely N-dealkylation sites (tertiary alicyclic amines) is 1. The first kappa shape index (κ1) is 20.9. The molecule has 1 unspecified atom stereocenters. The van der Waals surface area contributed by atoms with E-state index in [1.807, 2.05) is 24.3 Å². The molecule has 27 heavy (non-hydrogen) atoms. The molecule has 1 aliphatic heterocycles. The highest BCUT2D eigenvalue weighted by molar-refractivity contribution is 5.32. The normalized spacial score (nSPS) is 18.0. The van der Waals surface area contributed by atoms with Crippen molar-refractivity contribution in [2.45, 2.75) is 64.5 Å². The molecule has 0 spiro atoms. The third kappa shape index (κ3) is 7.38. The highest BCUT2D eigenvalue weighted by atomic mass is 16.5. The first-order valence-electron chi connectivity index (χ1n) is 9.83. The number of nitrogens with one attached hydrogen (secondary N) is 1. The van der Waals surface area contributed by atoms with Gasteiger partial charge in [0.1, 0.15) is 5.60 Å². The van der Waals surface area contributed by atoms with Crippen LogP contribution in [0, 0.1) is 11.3 Å². The van der Waals surface area contributed by atoms with Crippen LogP contribution in [0.25, 0.3) is 0 Å². The molecule has 0 amide bonds. The highest BCUT2D eigenvalue weighted by Crippen LogP contribution is 2.20. The van der Waals surface area contributed by atoms with E-state index >= 15 is 0 Å². The summed E-state index contributed by atoms with van der Waals surface area (Å²) in [6, 6.07) is 10.3. The van der Waals surface area contributed by atoms with E-state index in [0.717, 1.165) is 50.4 Å². The van der Waals surface area contributed by atoms with Crippen LogP contribution in [0.2, 0.25) is 0 Å². The minimum Gasteiger partial charge on any atom is -0.474 e. The summed E-state index contributed by atoms with van der Waals surface area (Å²) in [6.45, 7) is 16.5. The van der Waals surface area contributed by atoms with Crippen LogP contribution < -0.4 is 5.32 Å². The molecule has 0 radical (unpaired) electrons. The summed E-state index contributed by atoms with van der Waals surface area (Å²) in [7, 11) is 0. The molecule has 1 saturated heterocycles. The van der Waals surface area contributed by atoms with Gasteiger partial charge < -0.3 is 15.0 Å². The van der Waals surface area contributed by atoms with Crippen molar-refractivity contribution in [3.8, 4) is 6.07 Å². The molecule has 0 saturated carbocycles. The maximum absolute atomic E-state index is 8.90. The molecule has 4 heteroatoms. The number of nitrogens with zero attached hydrogens (tertiary/aromatic N) is 2. The lowest BCUT2D eigenvalue weighted by Gasteiger charge is -2.34. The number of ether oxygens (including phenoxy) is 1.